The van der Waals surface area contributed by atoms with Crippen molar-refractivity contribution in [3.8, 4) is 0 Å². The number of hydrogen-bond acceptors (Lipinski definition) is 3. The zero-order valence-corrected chi connectivity index (χ0v) is 17.8. The highest BCUT2D eigenvalue weighted by molar-refractivity contribution is 7.89. The second-order valence-corrected chi connectivity index (χ2v) is 9.48. The SMILES string of the molecule is O=C(Nc1ccc(Cl)c(C(F)(F)F)c1)c1ccc(Cl)c(S(=O)(=O)N2CCCCC2)c1. The maximum atomic E-state index is 13.0. The molecule has 1 heterocycles. The number of nitrogens with zero attached hydrogens (tertiary/aromatic N) is 1. The maximum Gasteiger partial charge on any atom is 0.417 e. The molecule has 2 aromatic carbocycles. The van der Waals surface area contributed by atoms with Crippen molar-refractivity contribution < 1.29 is 26.4 Å². The summed E-state index contributed by atoms with van der Waals surface area (Å²) in [5.41, 5.74) is -1.28. The number of carbonyl (C=O) groups excluding carboxylic acids is 1. The van der Waals surface area contributed by atoms with Crippen LogP contribution >= 0.6 is 23.2 Å². The van der Waals surface area contributed by atoms with Crippen LogP contribution in [0.25, 0.3) is 0 Å². The highest BCUT2D eigenvalue weighted by Gasteiger charge is 2.33. The largest absolute Gasteiger partial charge is 0.417 e. The van der Waals surface area contributed by atoms with Gasteiger partial charge >= 0.3 is 6.18 Å². The second kappa shape index (κ2) is 8.74. The summed E-state index contributed by atoms with van der Waals surface area (Å²) < 4.78 is 66.2. The average Bonchev–Trinajstić information content (AvgIpc) is 2.69. The quantitative estimate of drug-likeness (QED) is 0.633. The number of piperidine rings is 1. The predicted octanol–water partition coefficient (Wildman–Crippen LogP) is 5.44. The number of halogens is 5. The molecule has 0 radical (unpaired) electrons. The van der Waals surface area contributed by atoms with Gasteiger partial charge in [0, 0.05) is 24.3 Å². The van der Waals surface area contributed by atoms with Crippen LogP contribution in [0.4, 0.5) is 18.9 Å². The van der Waals surface area contributed by atoms with Crippen LogP contribution in [0.5, 0.6) is 0 Å². The number of hydrogen-bond donors (Lipinski definition) is 1. The van der Waals surface area contributed by atoms with Crippen LogP contribution in [0.1, 0.15) is 35.2 Å². The number of sulfonamides is 1. The van der Waals surface area contributed by atoms with E-state index < -0.39 is 32.7 Å². The van der Waals surface area contributed by atoms with Crippen LogP contribution in [0, 0.1) is 0 Å². The third-order valence-electron chi connectivity index (χ3n) is 4.66. The van der Waals surface area contributed by atoms with E-state index in [0.717, 1.165) is 31.4 Å². The number of nitrogens with one attached hydrogen (secondary N) is 1. The van der Waals surface area contributed by atoms with Crippen molar-refractivity contribution in [2.24, 2.45) is 0 Å². The van der Waals surface area contributed by atoms with Gasteiger partial charge in [-0.25, -0.2) is 8.42 Å². The van der Waals surface area contributed by atoms with Crippen molar-refractivity contribution in [1.29, 1.82) is 0 Å². The summed E-state index contributed by atoms with van der Waals surface area (Å²) in [7, 11) is -3.90. The predicted molar refractivity (Wildman–Crippen MR) is 108 cm³/mol. The molecule has 0 saturated carbocycles. The Morgan fingerprint density at radius 3 is 2.23 bits per heavy atom. The molecule has 30 heavy (non-hydrogen) atoms. The minimum absolute atomic E-state index is 0.0389. The van der Waals surface area contributed by atoms with Crippen LogP contribution < -0.4 is 5.32 Å². The molecule has 0 atom stereocenters. The number of alkyl halides is 3. The third kappa shape index (κ3) is 4.91. The van der Waals surface area contributed by atoms with E-state index in [2.05, 4.69) is 5.32 Å². The zero-order valence-electron chi connectivity index (χ0n) is 15.5. The van der Waals surface area contributed by atoms with Crippen molar-refractivity contribution in [1.82, 2.24) is 4.31 Å². The Morgan fingerprint density at radius 2 is 1.60 bits per heavy atom. The van der Waals surface area contributed by atoms with E-state index in [9.17, 15) is 26.4 Å². The molecule has 1 N–H and O–H groups in total. The Hall–Kier alpha value is -1.81. The van der Waals surface area contributed by atoms with E-state index in [1.54, 1.807) is 0 Å². The topological polar surface area (TPSA) is 66.5 Å². The fourth-order valence-corrected chi connectivity index (χ4v) is 5.35. The first-order chi connectivity index (χ1) is 14.0. The van der Waals surface area contributed by atoms with E-state index in [1.165, 1.54) is 22.5 Å². The Morgan fingerprint density at radius 1 is 0.967 bits per heavy atom. The molecule has 2 aromatic rings. The summed E-state index contributed by atoms with van der Waals surface area (Å²) >= 11 is 11.7. The Bertz CT molecular complexity index is 1070. The van der Waals surface area contributed by atoms with E-state index in [-0.39, 0.29) is 21.2 Å². The number of carbonyl (C=O) groups is 1. The van der Waals surface area contributed by atoms with Gasteiger partial charge in [-0.1, -0.05) is 29.6 Å². The van der Waals surface area contributed by atoms with Gasteiger partial charge in [0.05, 0.1) is 15.6 Å². The van der Waals surface area contributed by atoms with E-state index in [0.29, 0.717) is 19.2 Å². The van der Waals surface area contributed by atoms with Crippen LogP contribution in [0.3, 0.4) is 0 Å². The lowest BCUT2D eigenvalue weighted by Crippen LogP contribution is -2.35. The molecule has 3 rings (SSSR count). The first kappa shape index (κ1) is 22.9. The highest BCUT2D eigenvalue weighted by Crippen LogP contribution is 2.36. The van der Waals surface area contributed by atoms with Gasteiger partial charge < -0.3 is 5.32 Å². The second-order valence-electron chi connectivity index (χ2n) is 6.76. The summed E-state index contributed by atoms with van der Waals surface area (Å²) in [6.07, 6.45) is -2.29. The van der Waals surface area contributed by atoms with Crippen LogP contribution in [-0.4, -0.2) is 31.7 Å². The summed E-state index contributed by atoms with van der Waals surface area (Å²) in [4.78, 5) is 12.3. The number of rotatable bonds is 4. The average molecular weight is 481 g/mol. The fraction of sp³-hybridized carbons (Fsp3) is 0.316. The van der Waals surface area contributed by atoms with Gasteiger partial charge in [0.25, 0.3) is 5.91 Å². The zero-order chi connectivity index (χ0) is 22.1. The van der Waals surface area contributed by atoms with Crippen molar-refractivity contribution in [3.05, 3.63) is 57.6 Å². The molecule has 11 heteroatoms. The maximum absolute atomic E-state index is 13.0. The van der Waals surface area contributed by atoms with Gasteiger partial charge in [-0.15, -0.1) is 0 Å². The van der Waals surface area contributed by atoms with Gasteiger partial charge in [0.15, 0.2) is 0 Å². The normalized spacial score (nSPS) is 15.8. The lowest BCUT2D eigenvalue weighted by molar-refractivity contribution is -0.137. The minimum atomic E-state index is -4.69. The summed E-state index contributed by atoms with van der Waals surface area (Å²) in [5.74, 6) is -0.780. The molecule has 0 spiro atoms. The molecule has 0 bridgehead atoms. The number of amides is 1. The van der Waals surface area contributed by atoms with Crippen LogP contribution in [-0.2, 0) is 16.2 Å². The molecule has 1 fully saturated rings. The first-order valence-electron chi connectivity index (χ1n) is 8.98. The molecular weight excluding hydrogens is 464 g/mol. The van der Waals surface area contributed by atoms with Crippen molar-refractivity contribution in [3.63, 3.8) is 0 Å². The Labute approximate surface area is 181 Å². The molecule has 5 nitrogen and oxygen atoms in total. The molecule has 162 valence electrons. The molecule has 1 aliphatic rings. The molecule has 0 unspecified atom stereocenters. The Balaban J connectivity index is 1.88. The third-order valence-corrected chi connectivity index (χ3v) is 7.37. The molecule has 1 saturated heterocycles. The summed E-state index contributed by atoms with van der Waals surface area (Å²) in [5, 5.41) is 1.79. The number of benzene rings is 2. The minimum Gasteiger partial charge on any atom is -0.322 e. The molecule has 0 aliphatic carbocycles. The van der Waals surface area contributed by atoms with Gasteiger partial charge in [-0.05, 0) is 49.2 Å². The van der Waals surface area contributed by atoms with Gasteiger partial charge in [0.1, 0.15) is 4.90 Å². The molecule has 1 aliphatic heterocycles. The van der Waals surface area contributed by atoms with Crippen molar-refractivity contribution >= 4 is 44.8 Å². The van der Waals surface area contributed by atoms with E-state index in [1.807, 2.05) is 0 Å². The fourth-order valence-electron chi connectivity index (χ4n) is 3.11. The first-order valence-corrected chi connectivity index (χ1v) is 11.2. The smallest absolute Gasteiger partial charge is 0.322 e. The highest BCUT2D eigenvalue weighted by atomic mass is 35.5. The molecular formula is C19H17Cl2F3N2O3S. The lowest BCUT2D eigenvalue weighted by Gasteiger charge is -2.26. The number of anilines is 1. The molecule has 1 amide bonds. The molecule has 0 aromatic heterocycles. The van der Waals surface area contributed by atoms with Crippen LogP contribution in [0.2, 0.25) is 10.0 Å². The monoisotopic (exact) mass is 480 g/mol. The lowest BCUT2D eigenvalue weighted by atomic mass is 10.1. The van der Waals surface area contributed by atoms with Crippen LogP contribution in [0.15, 0.2) is 41.3 Å². The van der Waals surface area contributed by atoms with E-state index >= 15 is 0 Å². The standard InChI is InChI=1S/C19H17Cl2F3N2O3S/c20-15-7-5-13(11-14(15)19(22,23)24)25-18(27)12-4-6-16(21)17(10-12)30(28,29)26-8-2-1-3-9-26/h4-7,10-11H,1-3,8-9H2,(H,25,27). The summed E-state index contributed by atoms with van der Waals surface area (Å²) in [6.45, 7) is 0.722. The van der Waals surface area contributed by atoms with Gasteiger partial charge in [-0.3, -0.25) is 4.79 Å². The summed E-state index contributed by atoms with van der Waals surface area (Å²) in [6, 6.07) is 6.65. The van der Waals surface area contributed by atoms with Crippen molar-refractivity contribution in [2.45, 2.75) is 30.3 Å². The van der Waals surface area contributed by atoms with Crippen molar-refractivity contribution in [2.75, 3.05) is 18.4 Å². The van der Waals surface area contributed by atoms with Gasteiger partial charge in [-0.2, -0.15) is 17.5 Å². The van der Waals surface area contributed by atoms with E-state index in [4.69, 9.17) is 23.2 Å². The Kier molecular flexibility index (Phi) is 6.66. The van der Waals surface area contributed by atoms with Gasteiger partial charge in [0.2, 0.25) is 10.0 Å².